The number of carboxylic acid groups (broad SMARTS) is 1. The van der Waals surface area contributed by atoms with Crippen molar-refractivity contribution >= 4 is 5.97 Å². The molecule has 1 saturated carbocycles. The van der Waals surface area contributed by atoms with E-state index >= 15 is 0 Å². The van der Waals surface area contributed by atoms with E-state index in [1.54, 1.807) is 6.08 Å². The lowest BCUT2D eigenvalue weighted by atomic mass is 9.87. The van der Waals surface area contributed by atoms with E-state index in [0.29, 0.717) is 26.1 Å². The number of aliphatic hydroxyl groups is 2. The van der Waals surface area contributed by atoms with Crippen molar-refractivity contribution in [3.63, 3.8) is 0 Å². The first kappa shape index (κ1) is 25.7. The summed E-state index contributed by atoms with van der Waals surface area (Å²) in [5, 5.41) is 30.2. The summed E-state index contributed by atoms with van der Waals surface area (Å²) in [6.45, 7) is 4.96. The Morgan fingerprint density at radius 3 is 2.88 bits per heavy atom. The maximum atomic E-state index is 11.3. The summed E-state index contributed by atoms with van der Waals surface area (Å²) in [6, 6.07) is 7.69. The predicted octanol–water partition coefficient (Wildman–Crippen LogP) is 3.35. The summed E-state index contributed by atoms with van der Waals surface area (Å²) in [5.74, 6) is 0.0241. The molecule has 2 aliphatic rings. The number of ether oxygens (including phenoxy) is 3. The highest BCUT2D eigenvalue weighted by Crippen LogP contribution is 2.41. The highest BCUT2D eigenvalue weighted by molar-refractivity contribution is 5.72. The number of rotatable bonds is 11. The van der Waals surface area contributed by atoms with Crippen molar-refractivity contribution in [2.24, 2.45) is 17.8 Å². The highest BCUT2D eigenvalue weighted by atomic mass is 16.5. The van der Waals surface area contributed by atoms with Gasteiger partial charge in [0.2, 0.25) is 0 Å². The standard InChI is InChI=1S/C26H38O7/c1-3-5-24(26(29)30)32-14-18-8-10-22-21(23(28)13-25(22)33-15-18)11-9-19(27)16-31-20-7-4-6-17(2)12-20/h4,6-7,9,11-12,18-19,21-25,27-28H,3,5,8,10,13-16H2,1-2H3,(H,29,30)/t18-,19+,21+,22+,23+,24?,25-/m0/s1. The van der Waals surface area contributed by atoms with Crippen molar-refractivity contribution in [1.82, 2.24) is 0 Å². The van der Waals surface area contributed by atoms with Gasteiger partial charge in [-0.3, -0.25) is 0 Å². The molecular formula is C26H38O7. The van der Waals surface area contributed by atoms with Gasteiger partial charge in [-0.25, -0.2) is 4.79 Å². The van der Waals surface area contributed by atoms with E-state index in [0.717, 1.165) is 30.6 Å². The number of carboxylic acids is 1. The molecule has 0 amide bonds. The summed E-state index contributed by atoms with van der Waals surface area (Å²) < 4.78 is 17.4. The molecule has 2 fully saturated rings. The van der Waals surface area contributed by atoms with E-state index in [9.17, 15) is 20.1 Å². The number of hydrogen-bond donors (Lipinski definition) is 3. The van der Waals surface area contributed by atoms with Crippen LogP contribution in [0.3, 0.4) is 0 Å². The van der Waals surface area contributed by atoms with Crippen molar-refractivity contribution in [2.75, 3.05) is 19.8 Å². The minimum absolute atomic E-state index is 0.0359. The van der Waals surface area contributed by atoms with Gasteiger partial charge < -0.3 is 29.5 Å². The Bertz CT molecular complexity index is 780. The summed E-state index contributed by atoms with van der Waals surface area (Å²) in [7, 11) is 0. The van der Waals surface area contributed by atoms with Crippen molar-refractivity contribution in [3.05, 3.63) is 42.0 Å². The van der Waals surface area contributed by atoms with Gasteiger partial charge in [-0.15, -0.1) is 0 Å². The molecule has 1 aromatic carbocycles. The quantitative estimate of drug-likeness (QED) is 0.433. The Morgan fingerprint density at radius 2 is 2.15 bits per heavy atom. The van der Waals surface area contributed by atoms with Gasteiger partial charge in [0, 0.05) is 18.3 Å². The molecule has 0 radical (unpaired) electrons. The largest absolute Gasteiger partial charge is 0.491 e. The molecule has 1 aliphatic carbocycles. The third-order valence-electron chi connectivity index (χ3n) is 6.67. The molecule has 1 heterocycles. The summed E-state index contributed by atoms with van der Waals surface area (Å²) >= 11 is 0. The molecule has 0 spiro atoms. The van der Waals surface area contributed by atoms with Crippen molar-refractivity contribution in [3.8, 4) is 5.75 Å². The average Bonchev–Trinajstić information content (AvgIpc) is 2.94. The third kappa shape index (κ3) is 7.54. The van der Waals surface area contributed by atoms with Gasteiger partial charge in [0.05, 0.1) is 25.4 Å². The Labute approximate surface area is 196 Å². The number of carbonyl (C=O) groups is 1. The molecule has 0 aromatic heterocycles. The first-order valence-corrected chi connectivity index (χ1v) is 12.1. The molecule has 3 N–H and O–H groups in total. The van der Waals surface area contributed by atoms with Gasteiger partial charge in [-0.05, 0) is 49.8 Å². The molecule has 7 atom stereocenters. The van der Waals surface area contributed by atoms with E-state index in [1.807, 2.05) is 44.2 Å². The zero-order valence-electron chi connectivity index (χ0n) is 19.6. The predicted molar refractivity (Wildman–Crippen MR) is 124 cm³/mol. The van der Waals surface area contributed by atoms with Crippen LogP contribution in [0.2, 0.25) is 0 Å². The monoisotopic (exact) mass is 462 g/mol. The van der Waals surface area contributed by atoms with E-state index < -0.39 is 24.3 Å². The van der Waals surface area contributed by atoms with E-state index in [4.69, 9.17) is 14.2 Å². The van der Waals surface area contributed by atoms with Crippen molar-refractivity contribution < 1.29 is 34.3 Å². The second-order valence-corrected chi connectivity index (χ2v) is 9.39. The molecule has 3 rings (SSSR count). The molecular weight excluding hydrogens is 424 g/mol. The Balaban J connectivity index is 1.50. The van der Waals surface area contributed by atoms with E-state index in [1.165, 1.54) is 0 Å². The molecule has 7 nitrogen and oxygen atoms in total. The lowest BCUT2D eigenvalue weighted by Crippen LogP contribution is -2.27. The minimum Gasteiger partial charge on any atom is -0.491 e. The summed E-state index contributed by atoms with van der Waals surface area (Å²) in [6.07, 6.45) is 5.09. The van der Waals surface area contributed by atoms with Crippen LogP contribution in [0.25, 0.3) is 0 Å². The van der Waals surface area contributed by atoms with Crippen LogP contribution in [0.4, 0.5) is 0 Å². The van der Waals surface area contributed by atoms with Crippen molar-refractivity contribution in [1.29, 1.82) is 0 Å². The van der Waals surface area contributed by atoms with Crippen LogP contribution in [-0.4, -0.2) is 65.5 Å². The third-order valence-corrected chi connectivity index (χ3v) is 6.67. The number of aryl methyl sites for hydroxylation is 1. The number of fused-ring (bicyclic) bond motifs is 1. The second kappa shape index (κ2) is 12.5. The maximum Gasteiger partial charge on any atom is 0.332 e. The summed E-state index contributed by atoms with van der Waals surface area (Å²) in [4.78, 5) is 11.3. The molecule has 0 bridgehead atoms. The minimum atomic E-state index is -0.915. The summed E-state index contributed by atoms with van der Waals surface area (Å²) in [5.41, 5.74) is 1.10. The van der Waals surface area contributed by atoms with Crippen LogP contribution in [0.5, 0.6) is 5.75 Å². The Kier molecular flexibility index (Phi) is 9.74. The number of aliphatic carboxylic acids is 1. The van der Waals surface area contributed by atoms with Crippen LogP contribution in [-0.2, 0) is 14.3 Å². The first-order valence-electron chi connectivity index (χ1n) is 12.1. The van der Waals surface area contributed by atoms with Crippen LogP contribution in [0.1, 0.15) is 44.6 Å². The SMILES string of the molecule is CCCC(OC[C@@H]1CC[C@@H]2[C@@H](C=C[C@@H](O)COc3cccc(C)c3)[C@H](O)C[C@@H]2OC1)C(=O)O. The fourth-order valence-corrected chi connectivity index (χ4v) is 4.84. The fourth-order valence-electron chi connectivity index (χ4n) is 4.84. The van der Waals surface area contributed by atoms with Gasteiger partial charge in [0.15, 0.2) is 6.10 Å². The average molecular weight is 463 g/mol. The van der Waals surface area contributed by atoms with Gasteiger partial charge in [0.1, 0.15) is 18.5 Å². The molecule has 1 unspecified atom stereocenters. The van der Waals surface area contributed by atoms with Crippen LogP contribution >= 0.6 is 0 Å². The molecule has 1 aliphatic heterocycles. The Morgan fingerprint density at radius 1 is 1.33 bits per heavy atom. The van der Waals surface area contributed by atoms with Crippen molar-refractivity contribution in [2.45, 2.75) is 70.4 Å². The van der Waals surface area contributed by atoms with Gasteiger partial charge in [-0.1, -0.05) is 37.6 Å². The molecule has 1 aromatic rings. The highest BCUT2D eigenvalue weighted by Gasteiger charge is 2.43. The maximum absolute atomic E-state index is 11.3. The molecule has 184 valence electrons. The first-order chi connectivity index (χ1) is 15.9. The van der Waals surface area contributed by atoms with Gasteiger partial charge in [0.25, 0.3) is 0 Å². The number of benzene rings is 1. The van der Waals surface area contributed by atoms with Crippen LogP contribution in [0.15, 0.2) is 36.4 Å². The van der Waals surface area contributed by atoms with E-state index in [-0.39, 0.29) is 30.5 Å². The van der Waals surface area contributed by atoms with Gasteiger partial charge >= 0.3 is 5.97 Å². The lowest BCUT2D eigenvalue weighted by Gasteiger charge is -2.21. The number of hydrogen-bond acceptors (Lipinski definition) is 6. The number of aliphatic hydroxyl groups excluding tert-OH is 2. The zero-order chi connectivity index (χ0) is 23.8. The van der Waals surface area contributed by atoms with Gasteiger partial charge in [-0.2, -0.15) is 0 Å². The topological polar surface area (TPSA) is 105 Å². The molecule has 1 saturated heterocycles. The van der Waals surface area contributed by atoms with Crippen LogP contribution < -0.4 is 4.74 Å². The molecule has 33 heavy (non-hydrogen) atoms. The zero-order valence-corrected chi connectivity index (χ0v) is 19.6. The lowest BCUT2D eigenvalue weighted by molar-refractivity contribution is -0.152. The smallest absolute Gasteiger partial charge is 0.332 e. The normalized spacial score (nSPS) is 29.4. The fraction of sp³-hybridized carbons (Fsp3) is 0.654. The molecule has 7 heteroatoms. The van der Waals surface area contributed by atoms with E-state index in [2.05, 4.69) is 0 Å². The second-order valence-electron chi connectivity index (χ2n) is 9.39. The van der Waals surface area contributed by atoms with Crippen LogP contribution in [0, 0.1) is 24.7 Å². The Hall–Kier alpha value is -1.93.